The molecule has 1 atom stereocenters. The Morgan fingerprint density at radius 2 is 2.05 bits per heavy atom. The summed E-state index contributed by atoms with van der Waals surface area (Å²) >= 11 is 0. The number of sulfonamides is 1. The fourth-order valence-electron chi connectivity index (χ4n) is 2.50. The Balaban J connectivity index is 1.91. The lowest BCUT2D eigenvalue weighted by molar-refractivity contribution is 0.382. The van der Waals surface area contributed by atoms with Crippen LogP contribution in [0.5, 0.6) is 0 Å². The van der Waals surface area contributed by atoms with Crippen molar-refractivity contribution in [3.63, 3.8) is 0 Å². The van der Waals surface area contributed by atoms with Gasteiger partial charge in [0.1, 0.15) is 0 Å². The van der Waals surface area contributed by atoms with Gasteiger partial charge in [0.05, 0.1) is 4.90 Å². The first-order chi connectivity index (χ1) is 9.49. The van der Waals surface area contributed by atoms with E-state index in [0.717, 1.165) is 30.5 Å². The molecule has 1 fully saturated rings. The molecular weight excluding hydrogens is 272 g/mol. The Kier molecular flexibility index (Phi) is 5.18. The highest BCUT2D eigenvalue weighted by Gasteiger charge is 2.16. The van der Waals surface area contributed by atoms with Crippen LogP contribution in [0.25, 0.3) is 0 Å². The van der Waals surface area contributed by atoms with Crippen LogP contribution in [0.4, 0.5) is 0 Å². The maximum absolute atomic E-state index is 12.2. The molecule has 4 nitrogen and oxygen atoms in total. The van der Waals surface area contributed by atoms with Gasteiger partial charge in [0.15, 0.2) is 0 Å². The third-order valence-electron chi connectivity index (χ3n) is 3.99. The van der Waals surface area contributed by atoms with Crippen LogP contribution in [0.1, 0.15) is 36.8 Å². The number of rotatable bonds is 5. The monoisotopic (exact) mass is 296 g/mol. The normalized spacial score (nSPS) is 20.0. The first kappa shape index (κ1) is 15.5. The second-order valence-electron chi connectivity index (χ2n) is 5.58. The molecule has 1 heterocycles. The summed E-state index contributed by atoms with van der Waals surface area (Å²) in [5.74, 6) is 0. The molecule has 2 N–H and O–H groups in total. The summed E-state index contributed by atoms with van der Waals surface area (Å²) in [5, 5.41) is 3.43. The second kappa shape index (κ2) is 6.70. The van der Waals surface area contributed by atoms with Crippen LogP contribution in [0.15, 0.2) is 23.1 Å². The van der Waals surface area contributed by atoms with Crippen molar-refractivity contribution in [1.29, 1.82) is 0 Å². The fraction of sp³-hybridized carbons (Fsp3) is 0.600. The smallest absolute Gasteiger partial charge is 0.240 e. The summed E-state index contributed by atoms with van der Waals surface area (Å²) in [6, 6.07) is 5.71. The highest BCUT2D eigenvalue weighted by Crippen LogP contribution is 2.15. The molecule has 0 saturated carbocycles. The van der Waals surface area contributed by atoms with Crippen LogP contribution in [-0.2, 0) is 10.0 Å². The zero-order chi connectivity index (χ0) is 14.6. The lowest BCUT2D eigenvalue weighted by Gasteiger charge is -2.23. The molecule has 1 aromatic carbocycles. The number of benzene rings is 1. The summed E-state index contributed by atoms with van der Waals surface area (Å²) < 4.78 is 27.1. The van der Waals surface area contributed by atoms with E-state index in [-0.39, 0.29) is 0 Å². The fourth-order valence-corrected chi connectivity index (χ4v) is 3.63. The molecule has 1 aromatic rings. The average Bonchev–Trinajstić information content (AvgIpc) is 2.43. The second-order valence-corrected chi connectivity index (χ2v) is 7.35. The molecule has 1 unspecified atom stereocenters. The summed E-state index contributed by atoms with van der Waals surface area (Å²) in [5.41, 5.74) is 2.11. The molecule has 5 heteroatoms. The summed E-state index contributed by atoms with van der Waals surface area (Å²) in [6.45, 7) is 5.45. The molecule has 0 spiro atoms. The maximum atomic E-state index is 12.2. The zero-order valence-corrected chi connectivity index (χ0v) is 13.1. The van der Waals surface area contributed by atoms with Gasteiger partial charge < -0.3 is 5.32 Å². The number of piperidine rings is 1. The Morgan fingerprint density at radius 1 is 1.25 bits per heavy atom. The van der Waals surface area contributed by atoms with E-state index < -0.39 is 10.0 Å². The topological polar surface area (TPSA) is 58.2 Å². The van der Waals surface area contributed by atoms with Gasteiger partial charge in [-0.3, -0.25) is 0 Å². The van der Waals surface area contributed by atoms with Crippen LogP contribution in [-0.4, -0.2) is 27.5 Å². The van der Waals surface area contributed by atoms with E-state index in [9.17, 15) is 8.42 Å². The van der Waals surface area contributed by atoms with E-state index in [1.807, 2.05) is 19.9 Å². The van der Waals surface area contributed by atoms with Crippen molar-refractivity contribution in [3.05, 3.63) is 29.3 Å². The third-order valence-corrected chi connectivity index (χ3v) is 5.44. The van der Waals surface area contributed by atoms with Gasteiger partial charge in [-0.2, -0.15) is 0 Å². The molecule has 0 amide bonds. The quantitative estimate of drug-likeness (QED) is 0.875. The molecule has 112 valence electrons. The van der Waals surface area contributed by atoms with Crippen LogP contribution in [0.2, 0.25) is 0 Å². The molecule has 0 aliphatic carbocycles. The molecule has 20 heavy (non-hydrogen) atoms. The van der Waals surface area contributed by atoms with E-state index in [1.54, 1.807) is 12.1 Å². The number of nitrogens with one attached hydrogen (secondary N) is 2. The lowest BCUT2D eigenvalue weighted by atomic mass is 10.0. The van der Waals surface area contributed by atoms with Crippen molar-refractivity contribution in [2.45, 2.75) is 50.5 Å². The molecule has 2 rings (SSSR count). The Morgan fingerprint density at radius 3 is 2.70 bits per heavy atom. The van der Waals surface area contributed by atoms with Gasteiger partial charge in [0.25, 0.3) is 0 Å². The van der Waals surface area contributed by atoms with Gasteiger partial charge in [0.2, 0.25) is 10.0 Å². The molecule has 0 radical (unpaired) electrons. The van der Waals surface area contributed by atoms with Crippen molar-refractivity contribution < 1.29 is 8.42 Å². The van der Waals surface area contributed by atoms with E-state index in [0.29, 0.717) is 17.5 Å². The van der Waals surface area contributed by atoms with Crippen molar-refractivity contribution in [2.24, 2.45) is 0 Å². The van der Waals surface area contributed by atoms with Crippen LogP contribution >= 0.6 is 0 Å². The van der Waals surface area contributed by atoms with Crippen LogP contribution in [0, 0.1) is 13.8 Å². The van der Waals surface area contributed by atoms with Gasteiger partial charge >= 0.3 is 0 Å². The van der Waals surface area contributed by atoms with Gasteiger partial charge in [-0.15, -0.1) is 0 Å². The SMILES string of the molecule is Cc1ccc(S(=O)(=O)NCCC2CCCCN2)cc1C. The zero-order valence-electron chi connectivity index (χ0n) is 12.3. The predicted octanol–water partition coefficient (Wildman–Crippen LogP) is 2.11. The molecule has 1 aliphatic heterocycles. The van der Waals surface area contributed by atoms with Gasteiger partial charge in [-0.1, -0.05) is 12.5 Å². The van der Waals surface area contributed by atoms with E-state index in [2.05, 4.69) is 10.0 Å². The van der Waals surface area contributed by atoms with Crippen molar-refractivity contribution in [1.82, 2.24) is 10.0 Å². The van der Waals surface area contributed by atoms with Crippen LogP contribution < -0.4 is 10.0 Å². The van der Waals surface area contributed by atoms with E-state index in [1.165, 1.54) is 12.8 Å². The van der Waals surface area contributed by atoms with Crippen molar-refractivity contribution >= 4 is 10.0 Å². The number of aryl methyl sites for hydroxylation is 2. The average molecular weight is 296 g/mol. The largest absolute Gasteiger partial charge is 0.314 e. The molecular formula is C15H24N2O2S. The minimum absolute atomic E-state index is 0.359. The molecule has 1 aliphatic rings. The van der Waals surface area contributed by atoms with Gasteiger partial charge in [0, 0.05) is 12.6 Å². The Hall–Kier alpha value is -0.910. The number of hydrogen-bond donors (Lipinski definition) is 2. The minimum Gasteiger partial charge on any atom is -0.314 e. The molecule has 0 aromatic heterocycles. The standard InChI is InChI=1S/C15H24N2O2S/c1-12-6-7-15(11-13(12)2)20(18,19)17-10-8-14-5-3-4-9-16-14/h6-7,11,14,16-17H,3-5,8-10H2,1-2H3. The van der Waals surface area contributed by atoms with Crippen LogP contribution in [0.3, 0.4) is 0 Å². The molecule has 1 saturated heterocycles. The third kappa shape index (κ3) is 4.04. The first-order valence-electron chi connectivity index (χ1n) is 7.29. The van der Waals surface area contributed by atoms with Gasteiger partial charge in [-0.25, -0.2) is 13.1 Å². The summed E-state index contributed by atoms with van der Waals surface area (Å²) in [7, 11) is -3.38. The summed E-state index contributed by atoms with van der Waals surface area (Å²) in [6.07, 6.45) is 4.46. The number of hydrogen-bond acceptors (Lipinski definition) is 3. The maximum Gasteiger partial charge on any atom is 0.240 e. The Bertz CT molecular complexity index is 549. The lowest BCUT2D eigenvalue weighted by Crippen LogP contribution is -2.37. The minimum atomic E-state index is -3.38. The van der Waals surface area contributed by atoms with Crippen molar-refractivity contribution in [2.75, 3.05) is 13.1 Å². The highest BCUT2D eigenvalue weighted by molar-refractivity contribution is 7.89. The summed E-state index contributed by atoms with van der Waals surface area (Å²) in [4.78, 5) is 0.359. The van der Waals surface area contributed by atoms with E-state index in [4.69, 9.17) is 0 Å². The first-order valence-corrected chi connectivity index (χ1v) is 8.78. The van der Waals surface area contributed by atoms with Gasteiger partial charge in [-0.05, 0) is 62.9 Å². The predicted molar refractivity (Wildman–Crippen MR) is 81.4 cm³/mol. The Labute approximate surface area is 122 Å². The van der Waals surface area contributed by atoms with E-state index >= 15 is 0 Å². The highest BCUT2D eigenvalue weighted by atomic mass is 32.2. The molecule has 0 bridgehead atoms. The van der Waals surface area contributed by atoms with Crippen molar-refractivity contribution in [3.8, 4) is 0 Å².